The van der Waals surface area contributed by atoms with Gasteiger partial charge in [0.1, 0.15) is 5.71 Å². The van der Waals surface area contributed by atoms with Gasteiger partial charge in [-0.05, 0) is 42.4 Å². The van der Waals surface area contributed by atoms with Crippen molar-refractivity contribution in [3.63, 3.8) is 0 Å². The fourth-order valence-corrected chi connectivity index (χ4v) is 3.19. The fraction of sp³-hybridized carbons (Fsp3) is 0.304. The molecule has 2 aromatic carbocycles. The van der Waals surface area contributed by atoms with Crippen molar-refractivity contribution >= 4 is 22.8 Å². The molecule has 6 nitrogen and oxygen atoms in total. The van der Waals surface area contributed by atoms with Crippen molar-refractivity contribution in [2.45, 2.75) is 13.3 Å². The van der Waals surface area contributed by atoms with E-state index < -0.39 is 0 Å². The molecule has 0 radical (unpaired) electrons. The molecule has 1 unspecified atom stereocenters. The molecule has 0 aliphatic carbocycles. The summed E-state index contributed by atoms with van der Waals surface area (Å²) in [7, 11) is 1.84. The summed E-state index contributed by atoms with van der Waals surface area (Å²) in [6, 6.07) is 15.3. The van der Waals surface area contributed by atoms with E-state index in [9.17, 15) is 9.90 Å². The van der Waals surface area contributed by atoms with E-state index in [0.717, 1.165) is 16.7 Å². The summed E-state index contributed by atoms with van der Waals surface area (Å²) >= 11 is 0. The molecule has 0 aliphatic rings. The first kappa shape index (κ1) is 22.3. The Hall–Kier alpha value is -2.96. The Balaban J connectivity index is 2.28. The smallest absolute Gasteiger partial charge is 0.184 e. The second kappa shape index (κ2) is 11.1. The summed E-state index contributed by atoms with van der Waals surface area (Å²) in [5.74, 6) is -0.516. The Bertz CT molecular complexity index is 862. The van der Waals surface area contributed by atoms with Gasteiger partial charge in [-0.3, -0.25) is 10.2 Å². The average molecular weight is 395 g/mol. The van der Waals surface area contributed by atoms with Gasteiger partial charge in [0.15, 0.2) is 5.78 Å². The lowest BCUT2D eigenvalue weighted by molar-refractivity contribution is -0.116. The molecule has 0 amide bonds. The first-order valence-corrected chi connectivity index (χ1v) is 9.73. The van der Waals surface area contributed by atoms with E-state index in [2.05, 4.69) is 10.6 Å². The molecule has 6 heteroatoms. The average Bonchev–Trinajstić information content (AvgIpc) is 2.75. The predicted octanol–water partition coefficient (Wildman–Crippen LogP) is 2.43. The topological polar surface area (TPSA) is 111 Å². The third-order valence-corrected chi connectivity index (χ3v) is 4.73. The normalized spacial score (nSPS) is 12.4. The number of carbonyl (C=O) groups is 1. The monoisotopic (exact) mass is 394 g/mol. The number of anilines is 1. The molecule has 2 aromatic rings. The van der Waals surface area contributed by atoms with Crippen molar-refractivity contribution in [2.75, 3.05) is 32.1 Å². The molecule has 0 aliphatic heterocycles. The Morgan fingerprint density at radius 2 is 1.97 bits per heavy atom. The zero-order valence-corrected chi connectivity index (χ0v) is 17.0. The van der Waals surface area contributed by atoms with Crippen molar-refractivity contribution in [1.29, 1.82) is 5.41 Å². The Morgan fingerprint density at radius 1 is 1.24 bits per heavy atom. The van der Waals surface area contributed by atoms with Crippen LogP contribution >= 0.6 is 0 Å². The number of nitrogens with one attached hydrogen (secondary N) is 3. The van der Waals surface area contributed by atoms with Crippen LogP contribution in [0.5, 0.6) is 0 Å². The van der Waals surface area contributed by atoms with Gasteiger partial charge in [-0.1, -0.05) is 49.4 Å². The lowest BCUT2D eigenvalue weighted by Gasteiger charge is -2.17. The Morgan fingerprint density at radius 3 is 2.59 bits per heavy atom. The fourth-order valence-electron chi connectivity index (χ4n) is 3.19. The first-order chi connectivity index (χ1) is 14.0. The van der Waals surface area contributed by atoms with Gasteiger partial charge in [0.05, 0.1) is 6.61 Å². The van der Waals surface area contributed by atoms with Crippen LogP contribution in [-0.2, 0) is 11.2 Å². The van der Waals surface area contributed by atoms with Crippen molar-refractivity contribution in [1.82, 2.24) is 5.32 Å². The molecule has 0 fully saturated rings. The zero-order valence-electron chi connectivity index (χ0n) is 17.0. The van der Waals surface area contributed by atoms with Crippen molar-refractivity contribution in [3.05, 3.63) is 71.4 Å². The number of nitrogens with two attached hydrogens (primary N) is 1. The second-order valence-corrected chi connectivity index (χ2v) is 6.96. The molecular weight excluding hydrogens is 364 g/mol. The maximum Gasteiger partial charge on any atom is 0.184 e. The van der Waals surface area contributed by atoms with Crippen LogP contribution in [0.1, 0.15) is 23.6 Å². The van der Waals surface area contributed by atoms with Crippen LogP contribution in [0.3, 0.4) is 0 Å². The highest BCUT2D eigenvalue weighted by molar-refractivity contribution is 6.46. The Kier molecular flexibility index (Phi) is 8.58. The molecule has 6 N–H and O–H groups in total. The van der Waals surface area contributed by atoms with E-state index in [1.165, 1.54) is 0 Å². The lowest BCUT2D eigenvalue weighted by atomic mass is 9.90. The number of aliphatic hydroxyl groups excluding tert-OH is 1. The molecule has 0 saturated carbocycles. The standard InChI is InChI=1S/C23H30N4O2/c1-16(12-17-6-4-3-5-7-17)23(29)22(25)20-9-8-18(19(14-24)15-26-2)13-21(20)27-10-11-28/h3-9,13-14,16,25-28H,10-12,15,24H2,1-2H3/b19-14+,25-22?. The van der Waals surface area contributed by atoms with Crippen LogP contribution in [0, 0.1) is 11.3 Å². The van der Waals surface area contributed by atoms with Gasteiger partial charge in [0.2, 0.25) is 0 Å². The summed E-state index contributed by atoms with van der Waals surface area (Å²) in [5, 5.41) is 23.9. The van der Waals surface area contributed by atoms with Crippen LogP contribution in [0.4, 0.5) is 5.69 Å². The van der Waals surface area contributed by atoms with E-state index in [1.807, 2.05) is 56.4 Å². The number of benzene rings is 2. The van der Waals surface area contributed by atoms with Gasteiger partial charge < -0.3 is 21.5 Å². The summed E-state index contributed by atoms with van der Waals surface area (Å²) in [4.78, 5) is 12.9. The minimum atomic E-state index is -0.306. The quantitative estimate of drug-likeness (QED) is 0.376. The Labute approximate surface area is 172 Å². The van der Waals surface area contributed by atoms with Crippen LogP contribution in [-0.4, -0.2) is 43.3 Å². The van der Waals surface area contributed by atoms with Crippen LogP contribution < -0.4 is 16.4 Å². The van der Waals surface area contributed by atoms with E-state index in [-0.39, 0.29) is 24.0 Å². The maximum atomic E-state index is 12.9. The number of rotatable bonds is 11. The SMILES string of the molecule is CNC/C(=C\N)c1ccc(C(=N)C(=O)C(C)Cc2ccccc2)c(NCCO)c1. The van der Waals surface area contributed by atoms with E-state index in [1.54, 1.807) is 12.3 Å². The minimum Gasteiger partial charge on any atom is -0.404 e. The second-order valence-electron chi connectivity index (χ2n) is 6.96. The van der Waals surface area contributed by atoms with Crippen molar-refractivity contribution < 1.29 is 9.90 Å². The molecule has 2 rings (SSSR count). The highest BCUT2D eigenvalue weighted by Gasteiger charge is 2.22. The summed E-state index contributed by atoms with van der Waals surface area (Å²) in [5.41, 5.74) is 9.73. The lowest BCUT2D eigenvalue weighted by Crippen LogP contribution is -2.25. The molecule has 0 spiro atoms. The van der Waals surface area contributed by atoms with E-state index in [0.29, 0.717) is 30.8 Å². The minimum absolute atomic E-state index is 0.0349. The van der Waals surface area contributed by atoms with Crippen molar-refractivity contribution in [3.8, 4) is 0 Å². The molecule has 0 heterocycles. The summed E-state index contributed by atoms with van der Waals surface area (Å²) in [6.45, 7) is 2.72. The third-order valence-electron chi connectivity index (χ3n) is 4.73. The number of hydrogen-bond donors (Lipinski definition) is 5. The van der Waals surface area contributed by atoms with Crippen LogP contribution in [0.2, 0.25) is 0 Å². The predicted molar refractivity (Wildman–Crippen MR) is 119 cm³/mol. The zero-order chi connectivity index (χ0) is 21.2. The number of ketones is 1. The van der Waals surface area contributed by atoms with Gasteiger partial charge in [-0.2, -0.15) is 0 Å². The highest BCUT2D eigenvalue weighted by atomic mass is 16.3. The molecule has 0 saturated heterocycles. The van der Waals surface area contributed by atoms with Crippen LogP contribution in [0.25, 0.3) is 5.57 Å². The van der Waals surface area contributed by atoms with Gasteiger partial charge in [0, 0.05) is 30.3 Å². The highest BCUT2D eigenvalue weighted by Crippen LogP contribution is 2.24. The summed E-state index contributed by atoms with van der Waals surface area (Å²) < 4.78 is 0. The third kappa shape index (κ3) is 6.01. The van der Waals surface area contributed by atoms with Gasteiger partial charge in [-0.15, -0.1) is 0 Å². The number of likely N-dealkylation sites (N-methyl/N-ethyl adjacent to an activating group) is 1. The van der Waals surface area contributed by atoms with Gasteiger partial charge >= 0.3 is 0 Å². The number of carbonyl (C=O) groups excluding carboxylic acids is 1. The first-order valence-electron chi connectivity index (χ1n) is 9.73. The number of aliphatic hydroxyl groups is 1. The van der Waals surface area contributed by atoms with Gasteiger partial charge in [0.25, 0.3) is 0 Å². The largest absolute Gasteiger partial charge is 0.404 e. The molecular formula is C23H30N4O2. The molecule has 0 bridgehead atoms. The molecule has 29 heavy (non-hydrogen) atoms. The molecule has 154 valence electrons. The molecule has 1 atom stereocenters. The van der Waals surface area contributed by atoms with Crippen LogP contribution in [0.15, 0.2) is 54.7 Å². The van der Waals surface area contributed by atoms with E-state index in [4.69, 9.17) is 11.1 Å². The molecule has 0 aromatic heterocycles. The number of hydrogen-bond acceptors (Lipinski definition) is 6. The summed E-state index contributed by atoms with van der Waals surface area (Å²) in [6.07, 6.45) is 2.13. The van der Waals surface area contributed by atoms with Gasteiger partial charge in [-0.25, -0.2) is 0 Å². The van der Waals surface area contributed by atoms with E-state index >= 15 is 0 Å². The number of Topliss-reactive ketones (excluding diaryl/α,β-unsaturated/α-hetero) is 1. The maximum absolute atomic E-state index is 12.9. The van der Waals surface area contributed by atoms with Crippen molar-refractivity contribution in [2.24, 2.45) is 11.7 Å².